The zero-order valence-corrected chi connectivity index (χ0v) is 16.3. The quantitative estimate of drug-likeness (QED) is 0.647. The van der Waals surface area contributed by atoms with E-state index < -0.39 is 15.6 Å². The first-order chi connectivity index (χ1) is 12.7. The van der Waals surface area contributed by atoms with E-state index in [-0.39, 0.29) is 17.2 Å². The van der Waals surface area contributed by atoms with Crippen molar-refractivity contribution in [1.82, 2.24) is 4.72 Å². The largest absolute Gasteiger partial charge is 0.492 e. The lowest BCUT2D eigenvalue weighted by Crippen LogP contribution is -2.38. The smallest absolute Gasteiger partial charge is 0.244 e. The number of aryl methyl sites for hydroxylation is 1. The summed E-state index contributed by atoms with van der Waals surface area (Å²) in [4.78, 5) is 0.0461. The molecule has 0 bridgehead atoms. The predicted octanol–water partition coefficient (Wildman–Crippen LogP) is 3.33. The summed E-state index contributed by atoms with van der Waals surface area (Å²) in [6.45, 7) is 5.21. The highest BCUT2D eigenvalue weighted by Crippen LogP contribution is 2.29. The number of sulfonamides is 1. The molecule has 0 saturated heterocycles. The Morgan fingerprint density at radius 1 is 1.19 bits per heavy atom. The molecule has 0 aliphatic carbocycles. The molecule has 3 rings (SSSR count). The Balaban J connectivity index is 1.85. The molecule has 27 heavy (non-hydrogen) atoms. The van der Waals surface area contributed by atoms with Crippen molar-refractivity contribution >= 4 is 21.0 Å². The van der Waals surface area contributed by atoms with Crippen molar-refractivity contribution in [2.45, 2.75) is 31.3 Å². The number of rotatable bonds is 7. The molecule has 144 valence electrons. The van der Waals surface area contributed by atoms with Gasteiger partial charge in [0.1, 0.15) is 27.6 Å². The number of fused-ring (bicyclic) bond motifs is 1. The van der Waals surface area contributed by atoms with Crippen molar-refractivity contribution in [3.63, 3.8) is 0 Å². The van der Waals surface area contributed by atoms with Crippen LogP contribution in [0.1, 0.15) is 25.2 Å². The molecule has 2 aromatic carbocycles. The fraction of sp³-hybridized carbons (Fsp3) is 0.300. The van der Waals surface area contributed by atoms with Crippen molar-refractivity contribution in [3.05, 3.63) is 59.9 Å². The van der Waals surface area contributed by atoms with Crippen LogP contribution in [0.15, 0.2) is 57.8 Å². The molecule has 1 aromatic heterocycles. The van der Waals surface area contributed by atoms with Crippen LogP contribution in [0.5, 0.6) is 5.75 Å². The molecular formula is C20H23NO5S. The standard InChI is InChI=1S/C20H23NO5S/c1-4-25-17-10-9-14(2)11-18(17)27(23,24)21-13-20(3,22)19-12-15-7-5-6-8-16(15)26-19/h5-12,21-22H,4,13H2,1-3H3/t20-/m1/s1. The molecule has 0 saturated carbocycles. The maximum Gasteiger partial charge on any atom is 0.244 e. The van der Waals surface area contributed by atoms with E-state index in [9.17, 15) is 13.5 Å². The number of hydrogen-bond donors (Lipinski definition) is 2. The van der Waals surface area contributed by atoms with E-state index in [1.165, 1.54) is 6.92 Å². The molecule has 0 aliphatic heterocycles. The van der Waals surface area contributed by atoms with E-state index in [1.807, 2.05) is 18.2 Å². The Bertz CT molecular complexity index is 1020. The molecule has 3 aromatic rings. The van der Waals surface area contributed by atoms with Gasteiger partial charge in [-0.25, -0.2) is 13.1 Å². The summed E-state index contributed by atoms with van der Waals surface area (Å²) in [5, 5.41) is 11.6. The van der Waals surface area contributed by atoms with Crippen LogP contribution in [0.3, 0.4) is 0 Å². The predicted molar refractivity (Wildman–Crippen MR) is 103 cm³/mol. The van der Waals surface area contributed by atoms with Crippen LogP contribution in [0, 0.1) is 6.92 Å². The summed E-state index contributed by atoms with van der Waals surface area (Å²) in [6, 6.07) is 14.0. The van der Waals surface area contributed by atoms with Gasteiger partial charge in [-0.2, -0.15) is 0 Å². The normalized spacial score (nSPS) is 14.2. The molecule has 0 radical (unpaired) electrons. The van der Waals surface area contributed by atoms with Crippen LogP contribution < -0.4 is 9.46 Å². The molecule has 0 amide bonds. The second-order valence-corrected chi connectivity index (χ2v) is 8.37. The summed E-state index contributed by atoms with van der Waals surface area (Å²) in [7, 11) is -3.88. The van der Waals surface area contributed by atoms with Crippen LogP contribution in [-0.4, -0.2) is 26.7 Å². The third kappa shape index (κ3) is 4.16. The topological polar surface area (TPSA) is 88.8 Å². The number of para-hydroxylation sites is 1. The molecule has 0 unspecified atom stereocenters. The van der Waals surface area contributed by atoms with E-state index in [0.717, 1.165) is 10.9 Å². The van der Waals surface area contributed by atoms with Crippen molar-refractivity contribution in [2.75, 3.05) is 13.2 Å². The Hall–Kier alpha value is -2.35. The van der Waals surface area contributed by atoms with Crippen molar-refractivity contribution in [2.24, 2.45) is 0 Å². The van der Waals surface area contributed by atoms with Gasteiger partial charge in [-0.1, -0.05) is 24.3 Å². The lowest BCUT2D eigenvalue weighted by Gasteiger charge is -2.21. The van der Waals surface area contributed by atoms with Gasteiger partial charge in [-0.05, 0) is 50.6 Å². The number of furan rings is 1. The van der Waals surface area contributed by atoms with Crippen molar-refractivity contribution in [1.29, 1.82) is 0 Å². The molecule has 2 N–H and O–H groups in total. The number of aliphatic hydroxyl groups is 1. The van der Waals surface area contributed by atoms with Crippen LogP contribution in [0.4, 0.5) is 0 Å². The average molecular weight is 389 g/mol. The van der Waals surface area contributed by atoms with Crippen LogP contribution in [-0.2, 0) is 15.6 Å². The Kier molecular flexibility index (Phi) is 5.28. The third-order valence-corrected chi connectivity index (χ3v) is 5.67. The summed E-state index contributed by atoms with van der Waals surface area (Å²) < 4.78 is 39.2. The highest BCUT2D eigenvalue weighted by Gasteiger charge is 2.31. The summed E-state index contributed by atoms with van der Waals surface area (Å²) in [5.41, 5.74) is -0.0855. The Labute approximate surface area is 158 Å². The molecule has 6 nitrogen and oxygen atoms in total. The Morgan fingerprint density at radius 2 is 1.93 bits per heavy atom. The molecule has 0 spiro atoms. The maximum absolute atomic E-state index is 12.8. The zero-order valence-electron chi connectivity index (χ0n) is 15.5. The second kappa shape index (κ2) is 7.34. The fourth-order valence-corrected chi connectivity index (χ4v) is 4.11. The first kappa shape index (κ1) is 19.4. The monoisotopic (exact) mass is 389 g/mol. The van der Waals surface area contributed by atoms with Gasteiger partial charge in [-0.3, -0.25) is 0 Å². The molecule has 1 atom stereocenters. The summed E-state index contributed by atoms with van der Waals surface area (Å²) in [5.74, 6) is 0.569. The van der Waals surface area contributed by atoms with E-state index in [4.69, 9.17) is 9.15 Å². The highest BCUT2D eigenvalue weighted by atomic mass is 32.2. The van der Waals surface area contributed by atoms with Crippen LogP contribution in [0.25, 0.3) is 11.0 Å². The second-order valence-electron chi connectivity index (χ2n) is 6.63. The number of ether oxygens (including phenoxy) is 1. The minimum atomic E-state index is -3.88. The number of hydrogen-bond acceptors (Lipinski definition) is 5. The minimum absolute atomic E-state index is 0.0461. The lowest BCUT2D eigenvalue weighted by atomic mass is 10.0. The molecule has 7 heteroatoms. The summed E-state index contributed by atoms with van der Waals surface area (Å²) >= 11 is 0. The Morgan fingerprint density at radius 3 is 2.63 bits per heavy atom. The first-order valence-electron chi connectivity index (χ1n) is 8.67. The lowest BCUT2D eigenvalue weighted by molar-refractivity contribution is 0.0411. The van der Waals surface area contributed by atoms with E-state index in [2.05, 4.69) is 4.72 Å². The molecule has 1 heterocycles. The summed E-state index contributed by atoms with van der Waals surface area (Å²) in [6.07, 6.45) is 0. The fourth-order valence-electron chi connectivity index (χ4n) is 2.75. The van der Waals surface area contributed by atoms with Gasteiger partial charge >= 0.3 is 0 Å². The highest BCUT2D eigenvalue weighted by molar-refractivity contribution is 7.89. The van der Waals surface area contributed by atoms with Gasteiger partial charge in [0.15, 0.2) is 0 Å². The molecule has 0 fully saturated rings. The average Bonchev–Trinajstić information content (AvgIpc) is 3.07. The molecular weight excluding hydrogens is 366 g/mol. The van der Waals surface area contributed by atoms with Crippen LogP contribution in [0.2, 0.25) is 0 Å². The van der Waals surface area contributed by atoms with Crippen molar-refractivity contribution < 1.29 is 22.7 Å². The van der Waals surface area contributed by atoms with E-state index in [1.54, 1.807) is 44.2 Å². The van der Waals surface area contributed by atoms with Gasteiger partial charge in [0.2, 0.25) is 10.0 Å². The van der Waals surface area contributed by atoms with Gasteiger partial charge in [0, 0.05) is 11.9 Å². The zero-order chi connectivity index (χ0) is 19.7. The number of nitrogens with one attached hydrogen (secondary N) is 1. The third-order valence-electron chi connectivity index (χ3n) is 4.25. The van der Waals surface area contributed by atoms with Gasteiger partial charge in [-0.15, -0.1) is 0 Å². The van der Waals surface area contributed by atoms with Gasteiger partial charge < -0.3 is 14.3 Å². The molecule has 0 aliphatic rings. The van der Waals surface area contributed by atoms with E-state index in [0.29, 0.717) is 18.0 Å². The minimum Gasteiger partial charge on any atom is -0.492 e. The van der Waals surface area contributed by atoms with E-state index >= 15 is 0 Å². The maximum atomic E-state index is 12.8. The van der Waals surface area contributed by atoms with Gasteiger partial charge in [0.05, 0.1) is 6.61 Å². The first-order valence-corrected chi connectivity index (χ1v) is 10.2. The van der Waals surface area contributed by atoms with Crippen molar-refractivity contribution in [3.8, 4) is 5.75 Å². The van der Waals surface area contributed by atoms with Crippen LogP contribution >= 0.6 is 0 Å². The number of benzene rings is 2. The van der Waals surface area contributed by atoms with Gasteiger partial charge in [0.25, 0.3) is 0 Å². The SMILES string of the molecule is CCOc1ccc(C)cc1S(=O)(=O)NC[C@@](C)(O)c1cc2ccccc2o1.